The van der Waals surface area contributed by atoms with Crippen LogP contribution in [0.15, 0.2) is 11.6 Å². The maximum Gasteiger partial charge on any atom is 0.333 e. The number of esters is 1. The standard InChI is InChI=1S/C10H18O3/c1-4-13-10(12)8(2)6-5-7-9(3)11/h6,9,11H,4-5,7H2,1-3H3/b8-6+. The molecule has 0 fully saturated rings. The van der Waals surface area contributed by atoms with E-state index in [-0.39, 0.29) is 12.1 Å². The molecule has 0 saturated heterocycles. The average Bonchev–Trinajstić information content (AvgIpc) is 2.04. The van der Waals surface area contributed by atoms with Crippen LogP contribution in [-0.2, 0) is 9.53 Å². The van der Waals surface area contributed by atoms with Crippen LogP contribution in [0.25, 0.3) is 0 Å². The van der Waals surface area contributed by atoms with Gasteiger partial charge in [0.1, 0.15) is 0 Å². The number of aliphatic hydroxyl groups excluding tert-OH is 1. The summed E-state index contributed by atoms with van der Waals surface area (Å²) in [6, 6.07) is 0. The van der Waals surface area contributed by atoms with Gasteiger partial charge in [-0.15, -0.1) is 0 Å². The molecule has 1 N–H and O–H groups in total. The summed E-state index contributed by atoms with van der Waals surface area (Å²) >= 11 is 0. The van der Waals surface area contributed by atoms with Crippen molar-refractivity contribution in [2.75, 3.05) is 6.61 Å². The molecule has 0 aromatic rings. The van der Waals surface area contributed by atoms with E-state index >= 15 is 0 Å². The van der Waals surface area contributed by atoms with Gasteiger partial charge in [0, 0.05) is 5.57 Å². The molecule has 0 aromatic heterocycles. The van der Waals surface area contributed by atoms with Crippen LogP contribution in [0.5, 0.6) is 0 Å². The lowest BCUT2D eigenvalue weighted by atomic mass is 10.1. The molecule has 13 heavy (non-hydrogen) atoms. The topological polar surface area (TPSA) is 46.5 Å². The van der Waals surface area contributed by atoms with E-state index in [1.807, 2.05) is 0 Å². The quantitative estimate of drug-likeness (QED) is 0.524. The molecule has 0 radical (unpaired) electrons. The summed E-state index contributed by atoms with van der Waals surface area (Å²) in [5.41, 5.74) is 0.613. The number of carbonyl (C=O) groups is 1. The van der Waals surface area contributed by atoms with Crippen molar-refractivity contribution >= 4 is 5.97 Å². The molecule has 0 aliphatic heterocycles. The monoisotopic (exact) mass is 186 g/mol. The lowest BCUT2D eigenvalue weighted by molar-refractivity contribution is -0.138. The van der Waals surface area contributed by atoms with Crippen LogP contribution >= 0.6 is 0 Å². The van der Waals surface area contributed by atoms with Gasteiger partial charge in [-0.2, -0.15) is 0 Å². The summed E-state index contributed by atoms with van der Waals surface area (Å²) < 4.78 is 4.79. The second kappa shape index (κ2) is 6.66. The molecule has 1 atom stereocenters. The van der Waals surface area contributed by atoms with Gasteiger partial charge in [-0.3, -0.25) is 0 Å². The summed E-state index contributed by atoms with van der Waals surface area (Å²) in [7, 11) is 0. The first-order valence-electron chi connectivity index (χ1n) is 4.59. The van der Waals surface area contributed by atoms with Gasteiger partial charge < -0.3 is 9.84 Å². The molecule has 0 spiro atoms. The molecular formula is C10H18O3. The summed E-state index contributed by atoms with van der Waals surface area (Å²) in [6.45, 7) is 5.63. The van der Waals surface area contributed by atoms with Crippen LogP contribution in [0.4, 0.5) is 0 Å². The summed E-state index contributed by atoms with van der Waals surface area (Å²) in [6.07, 6.45) is 2.87. The summed E-state index contributed by atoms with van der Waals surface area (Å²) in [5.74, 6) is -0.270. The molecule has 0 aromatic carbocycles. The van der Waals surface area contributed by atoms with Gasteiger partial charge in [0.05, 0.1) is 12.7 Å². The maximum absolute atomic E-state index is 11.1. The zero-order valence-corrected chi connectivity index (χ0v) is 8.54. The van der Waals surface area contributed by atoms with Crippen molar-refractivity contribution in [3.05, 3.63) is 11.6 Å². The molecule has 3 nitrogen and oxygen atoms in total. The van der Waals surface area contributed by atoms with Crippen molar-refractivity contribution in [1.82, 2.24) is 0 Å². The Balaban J connectivity index is 3.80. The zero-order valence-electron chi connectivity index (χ0n) is 8.54. The van der Waals surface area contributed by atoms with E-state index in [9.17, 15) is 4.79 Å². The van der Waals surface area contributed by atoms with Gasteiger partial charge in [0.25, 0.3) is 0 Å². The van der Waals surface area contributed by atoms with Crippen LogP contribution in [0.3, 0.4) is 0 Å². The SMILES string of the molecule is CCOC(=O)/C(C)=C/CCC(C)O. The zero-order chi connectivity index (χ0) is 10.3. The average molecular weight is 186 g/mol. The van der Waals surface area contributed by atoms with Gasteiger partial charge in [-0.25, -0.2) is 4.79 Å². The lowest BCUT2D eigenvalue weighted by Crippen LogP contribution is -2.05. The Bertz CT molecular complexity index is 183. The Kier molecular flexibility index (Phi) is 6.24. The minimum Gasteiger partial charge on any atom is -0.463 e. The van der Waals surface area contributed by atoms with E-state index < -0.39 is 0 Å². The number of carbonyl (C=O) groups excluding carboxylic acids is 1. The Morgan fingerprint density at radius 1 is 1.62 bits per heavy atom. The van der Waals surface area contributed by atoms with Crippen LogP contribution < -0.4 is 0 Å². The third-order valence-electron chi connectivity index (χ3n) is 1.63. The van der Waals surface area contributed by atoms with Crippen molar-refractivity contribution < 1.29 is 14.6 Å². The van der Waals surface area contributed by atoms with Gasteiger partial charge >= 0.3 is 5.97 Å². The van der Waals surface area contributed by atoms with Gasteiger partial charge in [-0.05, 0) is 33.6 Å². The highest BCUT2D eigenvalue weighted by atomic mass is 16.5. The Morgan fingerprint density at radius 3 is 2.69 bits per heavy atom. The smallest absolute Gasteiger partial charge is 0.333 e. The van der Waals surface area contributed by atoms with E-state index in [1.54, 1.807) is 26.8 Å². The second-order valence-electron chi connectivity index (χ2n) is 3.03. The molecule has 0 aliphatic carbocycles. The third-order valence-corrected chi connectivity index (χ3v) is 1.63. The van der Waals surface area contributed by atoms with Crippen molar-refractivity contribution in [3.63, 3.8) is 0 Å². The number of allylic oxidation sites excluding steroid dienone is 1. The Hall–Kier alpha value is -0.830. The first-order chi connectivity index (χ1) is 6.07. The van der Waals surface area contributed by atoms with Gasteiger partial charge in [-0.1, -0.05) is 6.08 Å². The molecule has 0 bridgehead atoms. The van der Waals surface area contributed by atoms with Crippen LogP contribution in [0.1, 0.15) is 33.6 Å². The molecule has 0 amide bonds. The first-order valence-corrected chi connectivity index (χ1v) is 4.59. The highest BCUT2D eigenvalue weighted by molar-refractivity contribution is 5.87. The number of hydrogen-bond donors (Lipinski definition) is 1. The molecule has 0 aliphatic rings. The lowest BCUT2D eigenvalue weighted by Gasteiger charge is -2.02. The van der Waals surface area contributed by atoms with Crippen molar-refractivity contribution in [1.29, 1.82) is 0 Å². The number of aliphatic hydroxyl groups is 1. The largest absolute Gasteiger partial charge is 0.463 e. The molecule has 0 rings (SSSR count). The second-order valence-corrected chi connectivity index (χ2v) is 3.03. The van der Waals surface area contributed by atoms with Gasteiger partial charge in [0.15, 0.2) is 0 Å². The number of hydrogen-bond acceptors (Lipinski definition) is 3. The first kappa shape index (κ1) is 12.2. The molecule has 76 valence electrons. The molecule has 0 saturated carbocycles. The number of rotatable bonds is 5. The molecule has 0 heterocycles. The van der Waals surface area contributed by atoms with Crippen molar-refractivity contribution in [2.24, 2.45) is 0 Å². The van der Waals surface area contributed by atoms with E-state index in [1.165, 1.54) is 0 Å². The van der Waals surface area contributed by atoms with E-state index in [0.29, 0.717) is 25.0 Å². The summed E-state index contributed by atoms with van der Waals surface area (Å²) in [4.78, 5) is 11.1. The minimum atomic E-state index is -0.314. The Morgan fingerprint density at radius 2 is 2.23 bits per heavy atom. The highest BCUT2D eigenvalue weighted by Gasteiger charge is 2.03. The fraction of sp³-hybridized carbons (Fsp3) is 0.700. The predicted octanol–water partition coefficient (Wildman–Crippen LogP) is 1.66. The Labute approximate surface area is 79.4 Å². The van der Waals surface area contributed by atoms with Crippen LogP contribution in [0, 0.1) is 0 Å². The maximum atomic E-state index is 11.1. The van der Waals surface area contributed by atoms with Crippen LogP contribution in [-0.4, -0.2) is 23.8 Å². The highest BCUT2D eigenvalue weighted by Crippen LogP contribution is 2.03. The fourth-order valence-corrected chi connectivity index (χ4v) is 0.869. The third kappa shape index (κ3) is 6.34. The van der Waals surface area contributed by atoms with Crippen molar-refractivity contribution in [3.8, 4) is 0 Å². The minimum absolute atomic E-state index is 0.270. The fourth-order valence-electron chi connectivity index (χ4n) is 0.869. The molecule has 1 unspecified atom stereocenters. The summed E-state index contributed by atoms with van der Waals surface area (Å²) in [5, 5.41) is 8.96. The van der Waals surface area contributed by atoms with E-state index in [0.717, 1.165) is 0 Å². The van der Waals surface area contributed by atoms with E-state index in [4.69, 9.17) is 9.84 Å². The normalized spacial score (nSPS) is 14.0. The number of ether oxygens (including phenoxy) is 1. The van der Waals surface area contributed by atoms with Crippen molar-refractivity contribution in [2.45, 2.75) is 39.7 Å². The molecular weight excluding hydrogens is 168 g/mol. The van der Waals surface area contributed by atoms with Crippen LogP contribution in [0.2, 0.25) is 0 Å². The van der Waals surface area contributed by atoms with Gasteiger partial charge in [0.2, 0.25) is 0 Å². The predicted molar refractivity (Wildman–Crippen MR) is 51.3 cm³/mol. The van der Waals surface area contributed by atoms with E-state index in [2.05, 4.69) is 0 Å². The molecule has 3 heteroatoms.